The summed E-state index contributed by atoms with van der Waals surface area (Å²) >= 11 is 14.8. The highest BCUT2D eigenvalue weighted by Gasteiger charge is 2.29. The highest BCUT2D eigenvalue weighted by molar-refractivity contribution is 8.02. The number of hydrogen-bond donors (Lipinski definition) is 3. The maximum absolute atomic E-state index is 11.2. The lowest BCUT2D eigenvalue weighted by Gasteiger charge is -2.20. The van der Waals surface area contributed by atoms with Gasteiger partial charge in [-0.05, 0) is 38.1 Å². The van der Waals surface area contributed by atoms with E-state index in [9.17, 15) is 9.90 Å². The van der Waals surface area contributed by atoms with Crippen molar-refractivity contribution in [3.05, 3.63) is 62.9 Å². The maximum atomic E-state index is 11.2. The van der Waals surface area contributed by atoms with Gasteiger partial charge in [0.1, 0.15) is 4.75 Å². The Morgan fingerprint density at radius 3 is 2.76 bits per heavy atom. The first-order valence-electron chi connectivity index (χ1n) is 8.63. The molecule has 1 aliphatic rings. The molecule has 3 N–H and O–H groups in total. The molecule has 0 atom stereocenters. The largest absolute Gasteiger partial charge is 0.480 e. The number of carboxylic acids is 1. The summed E-state index contributed by atoms with van der Waals surface area (Å²) in [6, 6.07) is 5.31. The van der Waals surface area contributed by atoms with Gasteiger partial charge in [0.2, 0.25) is 5.88 Å². The van der Waals surface area contributed by atoms with Gasteiger partial charge in [-0.15, -0.1) is 11.3 Å². The van der Waals surface area contributed by atoms with Crippen LogP contribution in [0.25, 0.3) is 5.70 Å². The van der Waals surface area contributed by atoms with Gasteiger partial charge in [0.05, 0.1) is 23.0 Å². The molecule has 2 heterocycles. The van der Waals surface area contributed by atoms with Crippen LogP contribution in [-0.2, 0) is 16.0 Å². The van der Waals surface area contributed by atoms with Crippen LogP contribution in [0, 0.1) is 0 Å². The van der Waals surface area contributed by atoms with Crippen LogP contribution in [0.15, 0.2) is 46.0 Å². The van der Waals surface area contributed by atoms with E-state index in [0.717, 1.165) is 21.3 Å². The van der Waals surface area contributed by atoms with Crippen molar-refractivity contribution >= 4 is 58.0 Å². The van der Waals surface area contributed by atoms with Crippen LogP contribution in [0.5, 0.6) is 0 Å². The first-order chi connectivity index (χ1) is 13.7. The van der Waals surface area contributed by atoms with Crippen molar-refractivity contribution in [2.45, 2.75) is 29.4 Å². The van der Waals surface area contributed by atoms with Crippen LogP contribution in [0.1, 0.15) is 25.1 Å². The number of thiazole rings is 1. The number of rotatable bonds is 8. The summed E-state index contributed by atoms with van der Waals surface area (Å²) in [5, 5.41) is 12.3. The Morgan fingerprint density at radius 2 is 2.10 bits per heavy atom. The standard InChI is InChI=1S/C19H19Cl2N3O3S2/c1-19(2,17(25)26)29-18-22-12(10-28-18)7-8-27-16-6-5-15(23-24-16)13-4-3-11(20)9-14(13)21/h3-6,9-10,23-24H,7-8H2,1-2H3,(H,25,26). The maximum Gasteiger partial charge on any atom is 0.319 e. The van der Waals surface area contributed by atoms with Gasteiger partial charge in [-0.3, -0.25) is 15.6 Å². The van der Waals surface area contributed by atoms with Crippen LogP contribution in [0.2, 0.25) is 10.0 Å². The van der Waals surface area contributed by atoms with Gasteiger partial charge in [0.15, 0.2) is 4.34 Å². The van der Waals surface area contributed by atoms with Gasteiger partial charge in [0, 0.05) is 28.5 Å². The number of hydrazine groups is 1. The Kier molecular flexibility index (Phi) is 7.00. The molecule has 0 fully saturated rings. The monoisotopic (exact) mass is 471 g/mol. The average molecular weight is 472 g/mol. The van der Waals surface area contributed by atoms with E-state index in [2.05, 4.69) is 15.8 Å². The van der Waals surface area contributed by atoms with E-state index in [0.29, 0.717) is 29.0 Å². The van der Waals surface area contributed by atoms with Crippen LogP contribution in [0.4, 0.5) is 0 Å². The number of nitrogens with zero attached hydrogens (tertiary/aromatic N) is 1. The Morgan fingerprint density at radius 1 is 1.31 bits per heavy atom. The molecule has 0 spiro atoms. The van der Waals surface area contributed by atoms with Gasteiger partial charge in [-0.1, -0.05) is 35.0 Å². The zero-order chi connectivity index (χ0) is 21.0. The van der Waals surface area contributed by atoms with Crippen molar-refractivity contribution in [3.8, 4) is 0 Å². The fraction of sp³-hybridized carbons (Fsp3) is 0.263. The number of allylic oxidation sites excluding steroid dienone is 2. The van der Waals surface area contributed by atoms with E-state index < -0.39 is 10.7 Å². The number of carboxylic acid groups (broad SMARTS) is 1. The summed E-state index contributed by atoms with van der Waals surface area (Å²) in [6.07, 6.45) is 4.30. The van der Waals surface area contributed by atoms with E-state index in [4.69, 9.17) is 27.9 Å². The second-order valence-electron chi connectivity index (χ2n) is 6.61. The molecule has 3 rings (SSSR count). The first-order valence-corrected chi connectivity index (χ1v) is 11.1. The number of carbonyl (C=O) groups is 1. The molecule has 0 bridgehead atoms. The minimum atomic E-state index is -0.912. The van der Waals surface area contributed by atoms with E-state index in [-0.39, 0.29) is 0 Å². The third-order valence-electron chi connectivity index (χ3n) is 3.95. The highest BCUT2D eigenvalue weighted by Crippen LogP contribution is 2.34. The van der Waals surface area contributed by atoms with E-state index in [1.54, 1.807) is 26.0 Å². The zero-order valence-corrected chi connectivity index (χ0v) is 18.8. The quantitative estimate of drug-likeness (QED) is 0.469. The lowest BCUT2D eigenvalue weighted by Crippen LogP contribution is -2.33. The molecule has 1 aliphatic heterocycles. The van der Waals surface area contributed by atoms with E-state index in [1.165, 1.54) is 23.1 Å². The van der Waals surface area contributed by atoms with E-state index in [1.807, 2.05) is 23.6 Å². The van der Waals surface area contributed by atoms with Gasteiger partial charge in [0.25, 0.3) is 0 Å². The number of benzene rings is 1. The second-order valence-corrected chi connectivity index (χ2v) is 10.2. The Bertz CT molecular complexity index is 973. The van der Waals surface area contributed by atoms with Crippen LogP contribution in [0.3, 0.4) is 0 Å². The van der Waals surface area contributed by atoms with Crippen molar-refractivity contribution in [2.24, 2.45) is 0 Å². The number of halogens is 2. The molecule has 10 heteroatoms. The molecule has 154 valence electrons. The topological polar surface area (TPSA) is 83.5 Å². The number of thioether (sulfide) groups is 1. The number of hydrogen-bond acceptors (Lipinski definition) is 7. The minimum Gasteiger partial charge on any atom is -0.480 e. The molecule has 0 amide bonds. The second kappa shape index (κ2) is 9.30. The van der Waals surface area contributed by atoms with Crippen molar-refractivity contribution < 1.29 is 14.6 Å². The summed E-state index contributed by atoms with van der Waals surface area (Å²) in [7, 11) is 0. The summed E-state index contributed by atoms with van der Waals surface area (Å²) in [6.45, 7) is 3.76. The number of nitrogens with one attached hydrogen (secondary N) is 2. The smallest absolute Gasteiger partial charge is 0.319 e. The molecular weight excluding hydrogens is 453 g/mol. The zero-order valence-electron chi connectivity index (χ0n) is 15.7. The number of ether oxygens (including phenoxy) is 1. The number of aliphatic carboxylic acids is 1. The molecule has 2 aromatic rings. The molecule has 0 aliphatic carbocycles. The third-order valence-corrected chi connectivity index (χ3v) is 6.67. The Hall–Kier alpha value is -1.87. The first kappa shape index (κ1) is 21.8. The van der Waals surface area contributed by atoms with E-state index >= 15 is 0 Å². The third kappa shape index (κ3) is 5.82. The molecular formula is C19H19Cl2N3O3S2. The van der Waals surface area contributed by atoms with Crippen molar-refractivity contribution in [2.75, 3.05) is 6.61 Å². The molecule has 1 aromatic heterocycles. The van der Waals surface area contributed by atoms with Gasteiger partial charge < -0.3 is 9.84 Å². The van der Waals surface area contributed by atoms with Crippen molar-refractivity contribution in [1.82, 2.24) is 15.8 Å². The summed E-state index contributed by atoms with van der Waals surface area (Å²) in [4.78, 5) is 15.7. The minimum absolute atomic E-state index is 0.432. The SMILES string of the molecule is CC(C)(Sc1nc(CCOC2=CC=C(c3ccc(Cl)cc3Cl)NN2)cs1)C(=O)O. The molecule has 29 heavy (non-hydrogen) atoms. The predicted octanol–water partition coefficient (Wildman–Crippen LogP) is 4.95. The molecule has 0 saturated heterocycles. The Labute approximate surface area is 186 Å². The molecule has 1 aromatic carbocycles. The molecule has 6 nitrogen and oxygen atoms in total. The van der Waals surface area contributed by atoms with Gasteiger partial charge >= 0.3 is 5.97 Å². The van der Waals surface area contributed by atoms with Crippen LogP contribution >= 0.6 is 46.3 Å². The lowest BCUT2D eigenvalue weighted by atomic mass is 10.1. The van der Waals surface area contributed by atoms with Gasteiger partial charge in [-0.2, -0.15) is 0 Å². The Balaban J connectivity index is 1.52. The number of aromatic nitrogens is 1. The molecule has 0 unspecified atom stereocenters. The normalized spacial score (nSPS) is 13.8. The summed E-state index contributed by atoms with van der Waals surface area (Å²) in [5.41, 5.74) is 8.54. The highest BCUT2D eigenvalue weighted by atomic mass is 35.5. The molecule has 0 radical (unpaired) electrons. The van der Waals surface area contributed by atoms with Gasteiger partial charge in [-0.25, -0.2) is 4.98 Å². The van der Waals surface area contributed by atoms with Crippen LogP contribution < -0.4 is 10.9 Å². The molecule has 0 saturated carbocycles. The summed E-state index contributed by atoms with van der Waals surface area (Å²) in [5.74, 6) is -0.284. The summed E-state index contributed by atoms with van der Waals surface area (Å²) < 4.78 is 5.54. The predicted molar refractivity (Wildman–Crippen MR) is 118 cm³/mol. The van der Waals surface area contributed by atoms with Crippen molar-refractivity contribution in [1.29, 1.82) is 0 Å². The van der Waals surface area contributed by atoms with Crippen LogP contribution in [-0.4, -0.2) is 27.4 Å². The fourth-order valence-corrected chi connectivity index (χ4v) is 5.03. The van der Waals surface area contributed by atoms with Crippen molar-refractivity contribution in [3.63, 3.8) is 0 Å². The average Bonchev–Trinajstić information content (AvgIpc) is 3.09. The lowest BCUT2D eigenvalue weighted by molar-refractivity contribution is -0.138. The fourth-order valence-electron chi connectivity index (χ4n) is 2.30.